The van der Waals surface area contributed by atoms with Crippen LogP contribution < -0.4 is 0 Å². The largest absolute Gasteiger partial charge is 0.342 e. The van der Waals surface area contributed by atoms with Crippen LogP contribution >= 0.6 is 0 Å². The summed E-state index contributed by atoms with van der Waals surface area (Å²) in [7, 11) is 1.96. The number of nitrogens with one attached hydrogen (secondary N) is 1. The average molecular weight is 329 g/mol. The molecule has 0 spiro atoms. The Morgan fingerprint density at radius 1 is 1.46 bits per heavy atom. The molecule has 1 fully saturated rings. The molecule has 3 rings (SSSR count). The van der Waals surface area contributed by atoms with Gasteiger partial charge in [-0.3, -0.25) is 14.6 Å². The zero-order valence-electron chi connectivity index (χ0n) is 15.0. The second-order valence-corrected chi connectivity index (χ2v) is 7.01. The van der Waals surface area contributed by atoms with Crippen LogP contribution in [0, 0.1) is 19.8 Å². The summed E-state index contributed by atoms with van der Waals surface area (Å²) < 4.78 is 1.90. The van der Waals surface area contributed by atoms with Crippen molar-refractivity contribution in [3.05, 3.63) is 34.9 Å². The Labute approximate surface area is 143 Å². The van der Waals surface area contributed by atoms with Crippen molar-refractivity contribution in [1.82, 2.24) is 24.9 Å². The van der Waals surface area contributed by atoms with Gasteiger partial charge in [-0.15, -0.1) is 0 Å². The number of likely N-dealkylation sites (tertiary alicyclic amines) is 1. The number of piperidine rings is 1. The molecule has 0 aliphatic carbocycles. The Morgan fingerprint density at radius 2 is 2.25 bits per heavy atom. The van der Waals surface area contributed by atoms with Crippen molar-refractivity contribution in [3.8, 4) is 0 Å². The van der Waals surface area contributed by atoms with Gasteiger partial charge in [0, 0.05) is 49.6 Å². The fourth-order valence-corrected chi connectivity index (χ4v) is 3.74. The van der Waals surface area contributed by atoms with E-state index in [2.05, 4.69) is 22.2 Å². The van der Waals surface area contributed by atoms with Gasteiger partial charge in [0.15, 0.2) is 0 Å². The van der Waals surface area contributed by atoms with Crippen LogP contribution in [-0.4, -0.2) is 43.9 Å². The van der Waals surface area contributed by atoms with Crippen molar-refractivity contribution in [3.63, 3.8) is 0 Å². The van der Waals surface area contributed by atoms with Gasteiger partial charge in [-0.25, -0.2) is 0 Å². The SMILES string of the molecule is Cc1nn(C)c(C)c1C[C@@H](C)C(=O)N1CCC[C@@H](c2ccn[nH]2)C1. The van der Waals surface area contributed by atoms with Crippen LogP contribution in [0.5, 0.6) is 0 Å². The second kappa shape index (κ2) is 6.79. The molecule has 1 aliphatic heterocycles. The van der Waals surface area contributed by atoms with Crippen LogP contribution in [0.15, 0.2) is 12.3 Å². The highest BCUT2D eigenvalue weighted by Gasteiger charge is 2.29. The Bertz CT molecular complexity index is 703. The van der Waals surface area contributed by atoms with E-state index in [0.29, 0.717) is 5.92 Å². The summed E-state index contributed by atoms with van der Waals surface area (Å²) in [6.45, 7) is 7.78. The second-order valence-electron chi connectivity index (χ2n) is 7.01. The highest BCUT2D eigenvalue weighted by molar-refractivity contribution is 5.79. The van der Waals surface area contributed by atoms with Gasteiger partial charge in [-0.2, -0.15) is 10.2 Å². The van der Waals surface area contributed by atoms with Crippen molar-refractivity contribution in [1.29, 1.82) is 0 Å². The normalized spacial score (nSPS) is 19.5. The predicted molar refractivity (Wildman–Crippen MR) is 92.7 cm³/mol. The standard InChI is InChI=1S/C18H27N5O/c1-12(10-16-13(2)21-22(4)14(16)3)18(24)23-9-5-6-15(11-23)17-7-8-19-20-17/h7-8,12,15H,5-6,9-11H2,1-4H3,(H,19,20)/t12-,15-/m1/s1. The summed E-state index contributed by atoms with van der Waals surface area (Å²) in [6, 6.07) is 2.02. The monoisotopic (exact) mass is 329 g/mol. The first-order valence-corrected chi connectivity index (χ1v) is 8.74. The van der Waals surface area contributed by atoms with Gasteiger partial charge in [-0.1, -0.05) is 6.92 Å². The van der Waals surface area contributed by atoms with E-state index in [-0.39, 0.29) is 11.8 Å². The Kier molecular flexibility index (Phi) is 4.73. The number of hydrogen-bond acceptors (Lipinski definition) is 3. The molecule has 0 aromatic carbocycles. The minimum absolute atomic E-state index is 0.0212. The van der Waals surface area contributed by atoms with Crippen molar-refractivity contribution >= 4 is 5.91 Å². The zero-order chi connectivity index (χ0) is 17.3. The molecule has 1 amide bonds. The molecule has 2 aromatic heterocycles. The minimum atomic E-state index is -0.0212. The van der Waals surface area contributed by atoms with Crippen LogP contribution in [0.25, 0.3) is 0 Å². The molecule has 1 aliphatic rings. The third-order valence-electron chi connectivity index (χ3n) is 5.29. The number of amides is 1. The molecule has 0 saturated carbocycles. The Balaban J connectivity index is 1.66. The van der Waals surface area contributed by atoms with E-state index in [1.54, 1.807) is 6.20 Å². The first kappa shape index (κ1) is 16.7. The third kappa shape index (κ3) is 3.23. The number of aryl methyl sites for hydroxylation is 2. The number of rotatable bonds is 4. The van der Waals surface area contributed by atoms with Gasteiger partial charge in [-0.05, 0) is 44.7 Å². The number of aromatic nitrogens is 4. The molecule has 1 saturated heterocycles. The topological polar surface area (TPSA) is 66.8 Å². The zero-order valence-corrected chi connectivity index (χ0v) is 15.0. The minimum Gasteiger partial charge on any atom is -0.342 e. The highest BCUT2D eigenvalue weighted by Crippen LogP contribution is 2.27. The van der Waals surface area contributed by atoms with Gasteiger partial charge in [0.25, 0.3) is 0 Å². The summed E-state index contributed by atoms with van der Waals surface area (Å²) >= 11 is 0. The van der Waals surface area contributed by atoms with Gasteiger partial charge in [0.1, 0.15) is 0 Å². The lowest BCUT2D eigenvalue weighted by Crippen LogP contribution is -2.42. The maximum absolute atomic E-state index is 12.9. The van der Waals surface area contributed by atoms with Gasteiger partial charge in [0.2, 0.25) is 5.91 Å². The Morgan fingerprint density at radius 3 is 2.88 bits per heavy atom. The predicted octanol–water partition coefficient (Wildman–Crippen LogP) is 2.34. The molecule has 3 heterocycles. The maximum atomic E-state index is 12.9. The molecule has 2 atom stereocenters. The van der Waals surface area contributed by atoms with Crippen LogP contribution in [0.3, 0.4) is 0 Å². The van der Waals surface area contributed by atoms with E-state index in [0.717, 1.165) is 49.4 Å². The number of carbonyl (C=O) groups excluding carboxylic acids is 1. The molecule has 0 unspecified atom stereocenters. The molecular formula is C18H27N5O. The maximum Gasteiger partial charge on any atom is 0.225 e. The van der Waals surface area contributed by atoms with Gasteiger partial charge < -0.3 is 4.90 Å². The molecule has 0 radical (unpaired) electrons. The van der Waals surface area contributed by atoms with E-state index in [4.69, 9.17) is 0 Å². The molecule has 2 aromatic rings. The van der Waals surface area contributed by atoms with Crippen molar-refractivity contribution in [2.45, 2.75) is 46.0 Å². The number of H-pyrrole nitrogens is 1. The smallest absolute Gasteiger partial charge is 0.225 e. The van der Waals surface area contributed by atoms with Crippen LogP contribution in [0.4, 0.5) is 0 Å². The summed E-state index contributed by atoms with van der Waals surface area (Å²) in [5.74, 6) is 0.605. The molecule has 0 bridgehead atoms. The molecule has 1 N–H and O–H groups in total. The lowest BCUT2D eigenvalue weighted by Gasteiger charge is -2.34. The van der Waals surface area contributed by atoms with Gasteiger partial charge in [0.05, 0.1) is 5.69 Å². The quantitative estimate of drug-likeness (QED) is 0.936. The molecule has 6 heteroatoms. The van der Waals surface area contributed by atoms with E-state index < -0.39 is 0 Å². The van der Waals surface area contributed by atoms with Crippen molar-refractivity contribution < 1.29 is 4.79 Å². The van der Waals surface area contributed by atoms with E-state index in [1.807, 2.05) is 36.5 Å². The molecule has 6 nitrogen and oxygen atoms in total. The fourth-order valence-electron chi connectivity index (χ4n) is 3.74. The number of carbonyl (C=O) groups is 1. The summed E-state index contributed by atoms with van der Waals surface area (Å²) in [5.41, 5.74) is 4.53. The average Bonchev–Trinajstić information content (AvgIpc) is 3.19. The van der Waals surface area contributed by atoms with E-state index >= 15 is 0 Å². The first-order valence-electron chi connectivity index (χ1n) is 8.74. The van der Waals surface area contributed by atoms with E-state index in [1.165, 1.54) is 5.56 Å². The Hall–Kier alpha value is -2.11. The van der Waals surface area contributed by atoms with Crippen molar-refractivity contribution in [2.75, 3.05) is 13.1 Å². The molecular weight excluding hydrogens is 302 g/mol. The van der Waals surface area contributed by atoms with Crippen molar-refractivity contribution in [2.24, 2.45) is 13.0 Å². The summed E-state index contributed by atoms with van der Waals surface area (Å²) in [5, 5.41) is 11.6. The highest BCUT2D eigenvalue weighted by atomic mass is 16.2. The molecule has 130 valence electrons. The van der Waals surface area contributed by atoms with Gasteiger partial charge >= 0.3 is 0 Å². The summed E-state index contributed by atoms with van der Waals surface area (Å²) in [4.78, 5) is 14.9. The third-order valence-corrected chi connectivity index (χ3v) is 5.29. The lowest BCUT2D eigenvalue weighted by molar-refractivity contribution is -0.136. The summed E-state index contributed by atoms with van der Waals surface area (Å²) in [6.07, 6.45) is 4.70. The lowest BCUT2D eigenvalue weighted by atomic mass is 9.92. The number of aromatic amines is 1. The van der Waals surface area contributed by atoms with Crippen LogP contribution in [-0.2, 0) is 18.3 Å². The van der Waals surface area contributed by atoms with Crippen LogP contribution in [0.1, 0.15) is 48.3 Å². The first-order chi connectivity index (χ1) is 11.5. The molecule has 24 heavy (non-hydrogen) atoms. The van der Waals surface area contributed by atoms with E-state index in [9.17, 15) is 4.79 Å². The number of nitrogens with zero attached hydrogens (tertiary/aromatic N) is 4. The van der Waals surface area contributed by atoms with Crippen LogP contribution in [0.2, 0.25) is 0 Å². The number of hydrogen-bond donors (Lipinski definition) is 1. The fraction of sp³-hybridized carbons (Fsp3) is 0.611.